The van der Waals surface area contributed by atoms with Gasteiger partial charge in [-0.15, -0.1) is 0 Å². The molecular weight excluding hydrogens is 323 g/mol. The van der Waals surface area contributed by atoms with E-state index in [0.29, 0.717) is 15.8 Å². The molecule has 0 amide bonds. The molecule has 1 atom stereocenters. The maximum Gasteiger partial charge on any atom is 0.130 e. The lowest BCUT2D eigenvalue weighted by Gasteiger charge is -2.10. The van der Waals surface area contributed by atoms with Crippen molar-refractivity contribution in [3.63, 3.8) is 0 Å². The predicted octanol–water partition coefficient (Wildman–Crippen LogP) is 4.15. The van der Waals surface area contributed by atoms with E-state index < -0.39 is 0 Å². The summed E-state index contributed by atoms with van der Waals surface area (Å²) in [5, 5.41) is 9.75. The Morgan fingerprint density at radius 1 is 1.25 bits per heavy atom. The van der Waals surface area contributed by atoms with Crippen LogP contribution in [0.5, 0.6) is 5.75 Å². The van der Waals surface area contributed by atoms with Gasteiger partial charge in [0, 0.05) is 10.0 Å². The van der Waals surface area contributed by atoms with Crippen LogP contribution in [0.1, 0.15) is 29.2 Å². The molecule has 4 heteroatoms. The van der Waals surface area contributed by atoms with E-state index in [4.69, 9.17) is 4.74 Å². The lowest BCUT2D eigenvalue weighted by atomic mass is 10.1. The average Bonchev–Trinajstić information content (AvgIpc) is 2.79. The van der Waals surface area contributed by atoms with Crippen LogP contribution in [-0.4, -0.2) is 5.11 Å². The van der Waals surface area contributed by atoms with E-state index in [2.05, 4.69) is 15.9 Å². The molecule has 0 unspecified atom stereocenters. The van der Waals surface area contributed by atoms with Gasteiger partial charge in [-0.2, -0.15) is 0 Å². The second-order valence-electron chi connectivity index (χ2n) is 4.94. The van der Waals surface area contributed by atoms with Crippen molar-refractivity contribution in [2.24, 2.45) is 0 Å². The van der Waals surface area contributed by atoms with E-state index in [1.54, 1.807) is 12.1 Å². The number of hydrogen-bond acceptors (Lipinski definition) is 2. The summed E-state index contributed by atoms with van der Waals surface area (Å²) < 4.78 is 20.0. The molecule has 2 nitrogen and oxygen atoms in total. The van der Waals surface area contributed by atoms with Gasteiger partial charge in [0.25, 0.3) is 0 Å². The number of aryl methyl sites for hydroxylation is 1. The smallest absolute Gasteiger partial charge is 0.130 e. The highest BCUT2D eigenvalue weighted by Crippen LogP contribution is 2.33. The molecule has 1 N–H and O–H groups in total. The van der Waals surface area contributed by atoms with E-state index >= 15 is 0 Å². The maximum absolute atomic E-state index is 13.7. The molecule has 0 bridgehead atoms. The highest BCUT2D eigenvalue weighted by Gasteiger charge is 2.20. The second kappa shape index (κ2) is 5.54. The topological polar surface area (TPSA) is 29.5 Å². The van der Waals surface area contributed by atoms with Gasteiger partial charge in [0.15, 0.2) is 0 Å². The molecule has 1 aliphatic rings. The molecule has 0 saturated carbocycles. The third-order valence-corrected chi connectivity index (χ3v) is 4.06. The first-order valence-electron chi connectivity index (χ1n) is 6.51. The molecule has 0 radical (unpaired) electrons. The summed E-state index contributed by atoms with van der Waals surface area (Å²) in [7, 11) is 0. The number of ether oxygens (including phenoxy) is 1. The molecule has 0 spiro atoms. The Kier molecular flexibility index (Phi) is 3.76. The monoisotopic (exact) mass is 336 g/mol. The van der Waals surface area contributed by atoms with Crippen molar-refractivity contribution in [1.29, 1.82) is 0 Å². The summed E-state index contributed by atoms with van der Waals surface area (Å²) in [6.45, 7) is 0.195. The number of aliphatic hydroxyl groups is 1. The van der Waals surface area contributed by atoms with Crippen LogP contribution in [0.25, 0.3) is 0 Å². The van der Waals surface area contributed by atoms with Crippen molar-refractivity contribution in [1.82, 2.24) is 0 Å². The van der Waals surface area contributed by atoms with E-state index in [9.17, 15) is 9.50 Å². The van der Waals surface area contributed by atoms with Crippen molar-refractivity contribution in [3.8, 4) is 5.75 Å². The largest absolute Gasteiger partial charge is 0.489 e. The van der Waals surface area contributed by atoms with Crippen molar-refractivity contribution < 1.29 is 14.2 Å². The number of fused-ring (bicyclic) bond motifs is 1. The van der Waals surface area contributed by atoms with Crippen LogP contribution in [0.2, 0.25) is 0 Å². The Morgan fingerprint density at radius 2 is 2.10 bits per heavy atom. The van der Waals surface area contributed by atoms with Gasteiger partial charge >= 0.3 is 0 Å². The number of benzene rings is 2. The molecule has 0 saturated heterocycles. The van der Waals surface area contributed by atoms with Crippen LogP contribution in [0, 0.1) is 5.82 Å². The van der Waals surface area contributed by atoms with Gasteiger partial charge in [-0.3, -0.25) is 0 Å². The van der Waals surface area contributed by atoms with Crippen LogP contribution in [0.4, 0.5) is 4.39 Å². The Balaban J connectivity index is 1.73. The molecule has 20 heavy (non-hydrogen) atoms. The summed E-state index contributed by atoms with van der Waals surface area (Å²) in [5.74, 6) is 0.427. The summed E-state index contributed by atoms with van der Waals surface area (Å²) in [5.41, 5.74) is 2.62. The zero-order chi connectivity index (χ0) is 14.1. The van der Waals surface area contributed by atoms with Gasteiger partial charge in [-0.25, -0.2) is 4.39 Å². The van der Waals surface area contributed by atoms with Crippen LogP contribution in [-0.2, 0) is 13.0 Å². The molecule has 1 aliphatic carbocycles. The standard InChI is InChI=1S/C16H14BrFO2/c17-12-3-1-11(15(18)8-12)9-20-13-4-5-14-10(7-13)2-6-16(14)19/h1,3-5,7-8,16,19H,2,6,9H2/t16-/m0/s1. The van der Waals surface area contributed by atoms with Gasteiger partial charge in [0.1, 0.15) is 18.2 Å². The third kappa shape index (κ3) is 2.72. The Hall–Kier alpha value is -1.39. The maximum atomic E-state index is 13.7. The normalized spacial score (nSPS) is 17.1. The molecule has 0 aliphatic heterocycles. The quantitative estimate of drug-likeness (QED) is 0.912. The van der Waals surface area contributed by atoms with Gasteiger partial charge in [-0.05, 0) is 48.2 Å². The highest BCUT2D eigenvalue weighted by atomic mass is 79.9. The number of halogens is 2. The van der Waals surface area contributed by atoms with Crippen molar-refractivity contribution >= 4 is 15.9 Å². The van der Waals surface area contributed by atoms with Crippen LogP contribution in [0.15, 0.2) is 40.9 Å². The van der Waals surface area contributed by atoms with Crippen molar-refractivity contribution in [3.05, 3.63) is 63.4 Å². The van der Waals surface area contributed by atoms with E-state index in [-0.39, 0.29) is 18.5 Å². The molecule has 2 aromatic carbocycles. The average molecular weight is 337 g/mol. The van der Waals surface area contributed by atoms with Crippen molar-refractivity contribution in [2.45, 2.75) is 25.6 Å². The first kappa shape index (κ1) is 13.6. The zero-order valence-corrected chi connectivity index (χ0v) is 12.4. The van der Waals surface area contributed by atoms with Crippen LogP contribution >= 0.6 is 15.9 Å². The molecule has 104 valence electrons. The first-order chi connectivity index (χ1) is 9.63. The van der Waals surface area contributed by atoms with Gasteiger partial charge in [-0.1, -0.05) is 28.1 Å². The summed E-state index contributed by atoms with van der Waals surface area (Å²) in [6, 6.07) is 10.6. The molecule has 3 rings (SSSR count). The summed E-state index contributed by atoms with van der Waals surface area (Å²) >= 11 is 3.23. The molecular formula is C16H14BrFO2. The number of hydrogen-bond donors (Lipinski definition) is 1. The number of aliphatic hydroxyl groups excluding tert-OH is 1. The Morgan fingerprint density at radius 3 is 2.90 bits per heavy atom. The Bertz CT molecular complexity index is 642. The van der Waals surface area contributed by atoms with Gasteiger partial charge in [0.2, 0.25) is 0 Å². The fraction of sp³-hybridized carbons (Fsp3) is 0.250. The highest BCUT2D eigenvalue weighted by molar-refractivity contribution is 9.10. The minimum absolute atomic E-state index is 0.195. The lowest BCUT2D eigenvalue weighted by molar-refractivity contribution is 0.180. The minimum Gasteiger partial charge on any atom is -0.489 e. The van der Waals surface area contributed by atoms with Gasteiger partial charge < -0.3 is 9.84 Å². The summed E-state index contributed by atoms with van der Waals surface area (Å²) in [4.78, 5) is 0. The predicted molar refractivity (Wildman–Crippen MR) is 78.2 cm³/mol. The fourth-order valence-corrected chi connectivity index (χ4v) is 2.79. The molecule has 2 aromatic rings. The zero-order valence-electron chi connectivity index (χ0n) is 10.8. The number of rotatable bonds is 3. The summed E-state index contributed by atoms with van der Waals surface area (Å²) in [6.07, 6.45) is 1.27. The third-order valence-electron chi connectivity index (χ3n) is 3.57. The van der Waals surface area contributed by atoms with Crippen molar-refractivity contribution in [2.75, 3.05) is 0 Å². The molecule has 0 heterocycles. The van der Waals surface area contributed by atoms with E-state index in [1.165, 1.54) is 6.07 Å². The van der Waals surface area contributed by atoms with E-state index in [1.807, 2.05) is 18.2 Å². The minimum atomic E-state index is -0.358. The van der Waals surface area contributed by atoms with Crippen LogP contribution < -0.4 is 4.74 Å². The Labute approximate surface area is 125 Å². The second-order valence-corrected chi connectivity index (χ2v) is 5.86. The molecule has 0 fully saturated rings. The van der Waals surface area contributed by atoms with Crippen LogP contribution in [0.3, 0.4) is 0 Å². The first-order valence-corrected chi connectivity index (χ1v) is 7.30. The van der Waals surface area contributed by atoms with E-state index in [0.717, 1.165) is 24.0 Å². The SMILES string of the molecule is O[C@H]1CCc2cc(OCc3ccc(Br)cc3F)ccc21. The fourth-order valence-electron chi connectivity index (χ4n) is 2.46. The molecule has 0 aromatic heterocycles. The van der Waals surface area contributed by atoms with Gasteiger partial charge in [0.05, 0.1) is 6.10 Å². The lowest BCUT2D eigenvalue weighted by Crippen LogP contribution is -1.99.